The topological polar surface area (TPSA) is 140 Å². The molecule has 0 bridgehead atoms. The SMILES string of the molecule is OCC[C@H](CO)O[C@@H]1O[C@H](CO)[C@@H](O)[C@H](O)[C@H]1O. The Labute approximate surface area is 104 Å². The van der Waals surface area contributed by atoms with E-state index in [0.717, 1.165) is 0 Å². The lowest BCUT2D eigenvalue weighted by Crippen LogP contribution is -2.59. The van der Waals surface area contributed by atoms with Crippen LogP contribution in [0.15, 0.2) is 0 Å². The first kappa shape index (κ1) is 15.7. The van der Waals surface area contributed by atoms with Crippen molar-refractivity contribution in [3.63, 3.8) is 0 Å². The molecule has 0 unspecified atom stereocenters. The van der Waals surface area contributed by atoms with Crippen molar-refractivity contribution >= 4 is 0 Å². The first-order chi connectivity index (χ1) is 8.54. The van der Waals surface area contributed by atoms with Gasteiger partial charge in [-0.1, -0.05) is 0 Å². The van der Waals surface area contributed by atoms with E-state index in [1.807, 2.05) is 0 Å². The molecule has 0 aliphatic carbocycles. The molecule has 1 saturated heterocycles. The van der Waals surface area contributed by atoms with Gasteiger partial charge in [-0.3, -0.25) is 0 Å². The van der Waals surface area contributed by atoms with Crippen LogP contribution in [0.3, 0.4) is 0 Å². The Kier molecular flexibility index (Phi) is 6.39. The van der Waals surface area contributed by atoms with Gasteiger partial charge in [0.2, 0.25) is 0 Å². The fourth-order valence-corrected chi connectivity index (χ4v) is 1.72. The van der Waals surface area contributed by atoms with Gasteiger partial charge in [0.1, 0.15) is 24.4 Å². The average Bonchev–Trinajstić information content (AvgIpc) is 2.38. The molecule has 108 valence electrons. The molecule has 0 aromatic rings. The van der Waals surface area contributed by atoms with Crippen LogP contribution in [0.4, 0.5) is 0 Å². The van der Waals surface area contributed by atoms with Gasteiger partial charge in [0.25, 0.3) is 0 Å². The Balaban J connectivity index is 2.63. The highest BCUT2D eigenvalue weighted by molar-refractivity contribution is 4.89. The maximum atomic E-state index is 9.65. The Morgan fingerprint density at radius 3 is 2.17 bits per heavy atom. The van der Waals surface area contributed by atoms with Gasteiger partial charge in [0, 0.05) is 6.61 Å². The summed E-state index contributed by atoms with van der Waals surface area (Å²) < 4.78 is 10.3. The van der Waals surface area contributed by atoms with Crippen LogP contribution in [-0.4, -0.2) is 87.3 Å². The molecule has 1 rings (SSSR count). The molecule has 0 spiro atoms. The van der Waals surface area contributed by atoms with Crippen LogP contribution in [0.5, 0.6) is 0 Å². The second kappa shape index (κ2) is 7.31. The van der Waals surface area contributed by atoms with Crippen molar-refractivity contribution in [1.82, 2.24) is 0 Å². The van der Waals surface area contributed by atoms with Gasteiger partial charge in [-0.2, -0.15) is 0 Å². The minimum atomic E-state index is -1.52. The maximum Gasteiger partial charge on any atom is 0.187 e. The summed E-state index contributed by atoms with van der Waals surface area (Å²) in [5, 5.41) is 55.3. The number of aliphatic hydroxyl groups is 6. The van der Waals surface area contributed by atoms with E-state index in [9.17, 15) is 15.3 Å². The number of rotatable bonds is 6. The smallest absolute Gasteiger partial charge is 0.187 e. The Morgan fingerprint density at radius 2 is 1.67 bits per heavy atom. The minimum absolute atomic E-state index is 0.130. The molecule has 0 radical (unpaired) electrons. The van der Waals surface area contributed by atoms with Crippen LogP contribution in [0.2, 0.25) is 0 Å². The Morgan fingerprint density at radius 1 is 1.00 bits per heavy atom. The van der Waals surface area contributed by atoms with Crippen LogP contribution in [0, 0.1) is 0 Å². The van der Waals surface area contributed by atoms with E-state index in [2.05, 4.69) is 0 Å². The zero-order valence-corrected chi connectivity index (χ0v) is 9.79. The normalized spacial score (nSPS) is 38.7. The monoisotopic (exact) mass is 268 g/mol. The summed E-state index contributed by atoms with van der Waals surface area (Å²) >= 11 is 0. The highest BCUT2D eigenvalue weighted by Gasteiger charge is 2.44. The third-order valence-corrected chi connectivity index (χ3v) is 2.83. The summed E-state index contributed by atoms with van der Waals surface area (Å²) in [7, 11) is 0. The van der Waals surface area contributed by atoms with Gasteiger partial charge in [0.05, 0.1) is 19.3 Å². The summed E-state index contributed by atoms with van der Waals surface area (Å²) in [6, 6.07) is 0. The standard InChI is InChI=1S/C10H20O8/c11-2-1-5(3-12)17-10-9(16)8(15)7(14)6(4-13)18-10/h5-16H,1-4H2/t5-,6-,7-,8+,9-,10-/m1/s1. The first-order valence-electron chi connectivity index (χ1n) is 5.72. The quantitative estimate of drug-likeness (QED) is 0.292. The summed E-state index contributed by atoms with van der Waals surface area (Å²) in [6.07, 6.45) is -7.45. The third kappa shape index (κ3) is 3.59. The van der Waals surface area contributed by atoms with Crippen LogP contribution >= 0.6 is 0 Å². The molecule has 0 aromatic heterocycles. The Hall–Kier alpha value is -0.320. The minimum Gasteiger partial charge on any atom is -0.396 e. The first-order valence-corrected chi connectivity index (χ1v) is 5.72. The molecule has 6 atom stereocenters. The Bertz CT molecular complexity index is 236. The lowest BCUT2D eigenvalue weighted by atomic mass is 9.99. The second-order valence-electron chi connectivity index (χ2n) is 4.15. The van der Waals surface area contributed by atoms with E-state index in [1.54, 1.807) is 0 Å². The summed E-state index contributed by atoms with van der Waals surface area (Å²) in [6.45, 7) is -1.16. The molecule has 6 N–H and O–H groups in total. The largest absolute Gasteiger partial charge is 0.396 e. The fraction of sp³-hybridized carbons (Fsp3) is 1.00. The van der Waals surface area contributed by atoms with E-state index >= 15 is 0 Å². The molecule has 1 heterocycles. The van der Waals surface area contributed by atoms with Crippen molar-refractivity contribution < 1.29 is 40.1 Å². The highest BCUT2D eigenvalue weighted by atomic mass is 16.7. The van der Waals surface area contributed by atoms with Gasteiger partial charge in [-0.15, -0.1) is 0 Å². The van der Waals surface area contributed by atoms with E-state index in [4.69, 9.17) is 24.8 Å². The molecule has 0 aromatic carbocycles. The van der Waals surface area contributed by atoms with E-state index in [0.29, 0.717) is 0 Å². The molecular formula is C10H20O8. The molecule has 0 saturated carbocycles. The molecule has 8 nitrogen and oxygen atoms in total. The van der Waals surface area contributed by atoms with Crippen molar-refractivity contribution in [1.29, 1.82) is 0 Å². The summed E-state index contributed by atoms with van der Waals surface area (Å²) in [5.74, 6) is 0. The molecule has 1 aliphatic heterocycles. The summed E-state index contributed by atoms with van der Waals surface area (Å²) in [5.41, 5.74) is 0. The van der Waals surface area contributed by atoms with Crippen molar-refractivity contribution in [2.24, 2.45) is 0 Å². The van der Waals surface area contributed by atoms with Crippen molar-refractivity contribution in [3.8, 4) is 0 Å². The molecule has 0 amide bonds. The van der Waals surface area contributed by atoms with Crippen molar-refractivity contribution in [2.75, 3.05) is 19.8 Å². The van der Waals surface area contributed by atoms with Gasteiger partial charge < -0.3 is 40.1 Å². The van der Waals surface area contributed by atoms with Crippen molar-refractivity contribution in [2.45, 2.75) is 43.2 Å². The predicted molar refractivity (Wildman–Crippen MR) is 57.4 cm³/mol. The van der Waals surface area contributed by atoms with E-state index in [-0.39, 0.29) is 13.0 Å². The molecule has 1 fully saturated rings. The van der Waals surface area contributed by atoms with Gasteiger partial charge in [-0.25, -0.2) is 0 Å². The average molecular weight is 268 g/mol. The van der Waals surface area contributed by atoms with Gasteiger partial charge in [-0.05, 0) is 6.42 Å². The van der Waals surface area contributed by atoms with E-state index in [1.165, 1.54) is 0 Å². The summed E-state index contributed by atoms with van der Waals surface area (Å²) in [4.78, 5) is 0. The molecular weight excluding hydrogens is 248 g/mol. The lowest BCUT2D eigenvalue weighted by Gasteiger charge is -2.40. The maximum absolute atomic E-state index is 9.65. The molecule has 1 aliphatic rings. The van der Waals surface area contributed by atoms with Crippen LogP contribution in [0.1, 0.15) is 6.42 Å². The van der Waals surface area contributed by atoms with E-state index < -0.39 is 50.0 Å². The molecule has 8 heteroatoms. The lowest BCUT2D eigenvalue weighted by molar-refractivity contribution is -0.313. The second-order valence-corrected chi connectivity index (χ2v) is 4.15. The van der Waals surface area contributed by atoms with Crippen LogP contribution < -0.4 is 0 Å². The third-order valence-electron chi connectivity index (χ3n) is 2.83. The number of ether oxygens (including phenoxy) is 2. The molecule has 18 heavy (non-hydrogen) atoms. The van der Waals surface area contributed by atoms with Gasteiger partial charge in [0.15, 0.2) is 6.29 Å². The number of hydrogen-bond acceptors (Lipinski definition) is 8. The zero-order chi connectivity index (χ0) is 13.7. The van der Waals surface area contributed by atoms with Gasteiger partial charge >= 0.3 is 0 Å². The van der Waals surface area contributed by atoms with Crippen LogP contribution in [-0.2, 0) is 9.47 Å². The number of aliphatic hydroxyl groups excluding tert-OH is 6. The number of hydrogen-bond donors (Lipinski definition) is 6. The zero-order valence-electron chi connectivity index (χ0n) is 9.79. The highest BCUT2D eigenvalue weighted by Crippen LogP contribution is 2.23. The predicted octanol–water partition coefficient (Wildman–Crippen LogP) is -3.45. The van der Waals surface area contributed by atoms with Crippen LogP contribution in [0.25, 0.3) is 0 Å². The van der Waals surface area contributed by atoms with Crippen molar-refractivity contribution in [3.05, 3.63) is 0 Å². The fourth-order valence-electron chi connectivity index (χ4n) is 1.72.